The molecular weight excluding hydrogens is 302 g/mol. The summed E-state index contributed by atoms with van der Waals surface area (Å²) in [6.45, 7) is 9.13. The van der Waals surface area contributed by atoms with Gasteiger partial charge in [-0.1, -0.05) is 25.4 Å². The van der Waals surface area contributed by atoms with Crippen LogP contribution in [0.3, 0.4) is 0 Å². The molecule has 1 atom stereocenters. The van der Waals surface area contributed by atoms with Gasteiger partial charge < -0.3 is 4.74 Å². The minimum absolute atomic E-state index is 0.384. The Hall–Kier alpha value is -0.850. The maximum Gasteiger partial charge on any atom is 0.133 e. The molecule has 21 heavy (non-hydrogen) atoms. The summed E-state index contributed by atoms with van der Waals surface area (Å²) in [5, 5.41) is 11.7. The highest BCUT2D eigenvalue weighted by Gasteiger charge is 2.21. The number of ether oxygens (including phenoxy) is 1. The van der Waals surface area contributed by atoms with Crippen LogP contribution in [-0.4, -0.2) is 12.4 Å². The molecule has 0 heterocycles. The number of aryl methyl sites for hydroxylation is 1. The van der Waals surface area contributed by atoms with Gasteiger partial charge in [-0.25, -0.2) is 0 Å². The van der Waals surface area contributed by atoms with Crippen LogP contribution in [0.15, 0.2) is 6.07 Å². The number of rotatable bonds is 8. The molecule has 116 valence electrons. The maximum atomic E-state index is 8.70. The summed E-state index contributed by atoms with van der Waals surface area (Å²) in [6, 6.07) is 1.99. The van der Waals surface area contributed by atoms with Crippen molar-refractivity contribution in [3.63, 3.8) is 0 Å². The molecule has 0 fully saturated rings. The summed E-state index contributed by atoms with van der Waals surface area (Å²) in [4.78, 5) is 0. The molecule has 4 heteroatoms. The van der Waals surface area contributed by atoms with Gasteiger partial charge in [0.1, 0.15) is 11.2 Å². The second-order valence-electron chi connectivity index (χ2n) is 5.23. The fraction of sp³-hybridized carbons (Fsp3) is 0.588. The number of thioether (sulfide) groups is 1. The first-order valence-electron chi connectivity index (χ1n) is 7.49. The fourth-order valence-corrected chi connectivity index (χ4v) is 3.32. The number of hydrogen-bond donors (Lipinski definition) is 0. The molecule has 0 saturated heterocycles. The lowest BCUT2D eigenvalue weighted by Crippen LogP contribution is -2.08. The van der Waals surface area contributed by atoms with Gasteiger partial charge in [0, 0.05) is 16.3 Å². The predicted molar refractivity (Wildman–Crippen MR) is 92.4 cm³/mol. The summed E-state index contributed by atoms with van der Waals surface area (Å²) in [5.74, 6) is 2.22. The first-order valence-corrected chi connectivity index (χ1v) is 8.86. The lowest BCUT2D eigenvalue weighted by molar-refractivity contribution is 0.309. The van der Waals surface area contributed by atoms with Crippen molar-refractivity contribution >= 4 is 23.4 Å². The van der Waals surface area contributed by atoms with Crippen molar-refractivity contribution in [2.75, 3.05) is 12.4 Å². The first-order chi connectivity index (χ1) is 10.1. The average Bonchev–Trinajstić information content (AvgIpc) is 2.47. The molecule has 1 aromatic carbocycles. The Morgan fingerprint density at radius 2 is 2.10 bits per heavy atom. The van der Waals surface area contributed by atoms with Gasteiger partial charge in [-0.2, -0.15) is 5.26 Å². The van der Waals surface area contributed by atoms with Crippen molar-refractivity contribution < 1.29 is 4.74 Å². The third kappa shape index (κ3) is 4.83. The molecule has 0 aliphatic rings. The van der Waals surface area contributed by atoms with Crippen molar-refractivity contribution in [2.45, 2.75) is 52.9 Å². The van der Waals surface area contributed by atoms with Gasteiger partial charge >= 0.3 is 0 Å². The van der Waals surface area contributed by atoms with E-state index < -0.39 is 0 Å². The third-order valence-corrected chi connectivity index (χ3v) is 4.65. The SMILES string of the molecule is CCCOc1c(C)cc(Cl)c(C)c1C(CC)CCSC#N. The van der Waals surface area contributed by atoms with Crippen LogP contribution < -0.4 is 4.74 Å². The van der Waals surface area contributed by atoms with Gasteiger partial charge in [0.25, 0.3) is 0 Å². The van der Waals surface area contributed by atoms with Gasteiger partial charge in [0.2, 0.25) is 0 Å². The molecule has 0 amide bonds. The van der Waals surface area contributed by atoms with Crippen molar-refractivity contribution in [3.8, 4) is 11.2 Å². The molecule has 0 spiro atoms. The third-order valence-electron chi connectivity index (χ3n) is 3.69. The van der Waals surface area contributed by atoms with Crippen LogP contribution in [0.5, 0.6) is 5.75 Å². The van der Waals surface area contributed by atoms with E-state index in [9.17, 15) is 0 Å². The minimum atomic E-state index is 0.384. The Bertz CT molecular complexity index is 510. The Kier molecular flexibility index (Phi) is 8.00. The molecule has 0 saturated carbocycles. The van der Waals surface area contributed by atoms with Gasteiger partial charge in [0.15, 0.2) is 0 Å². The van der Waals surface area contributed by atoms with Gasteiger partial charge in [-0.15, -0.1) is 0 Å². The van der Waals surface area contributed by atoms with Crippen LogP contribution in [0.4, 0.5) is 0 Å². The van der Waals surface area contributed by atoms with E-state index in [2.05, 4.69) is 33.1 Å². The van der Waals surface area contributed by atoms with E-state index in [1.807, 2.05) is 6.07 Å². The van der Waals surface area contributed by atoms with Crippen LogP contribution in [0.1, 0.15) is 55.7 Å². The average molecular weight is 326 g/mol. The van der Waals surface area contributed by atoms with Crippen LogP contribution in [0, 0.1) is 24.5 Å². The number of halogens is 1. The molecule has 0 radical (unpaired) electrons. The molecule has 1 rings (SSSR count). The highest BCUT2D eigenvalue weighted by Crippen LogP contribution is 2.40. The van der Waals surface area contributed by atoms with E-state index in [1.165, 1.54) is 17.3 Å². The first kappa shape index (κ1) is 18.2. The second kappa shape index (κ2) is 9.23. The van der Waals surface area contributed by atoms with Crippen LogP contribution >= 0.6 is 23.4 Å². The predicted octanol–water partition coefficient (Wildman–Crippen LogP) is 5.84. The molecule has 0 aliphatic carbocycles. The van der Waals surface area contributed by atoms with E-state index in [0.29, 0.717) is 5.92 Å². The largest absolute Gasteiger partial charge is 0.493 e. The second-order valence-corrected chi connectivity index (χ2v) is 6.51. The minimum Gasteiger partial charge on any atom is -0.493 e. The zero-order valence-corrected chi connectivity index (χ0v) is 14.9. The summed E-state index contributed by atoms with van der Waals surface area (Å²) < 4.78 is 6.01. The Morgan fingerprint density at radius 3 is 2.67 bits per heavy atom. The Labute approximate surface area is 137 Å². The Balaban J connectivity index is 3.18. The molecule has 0 N–H and O–H groups in total. The number of hydrogen-bond acceptors (Lipinski definition) is 3. The maximum absolute atomic E-state index is 8.70. The molecule has 2 nitrogen and oxygen atoms in total. The molecule has 1 aromatic rings. The summed E-state index contributed by atoms with van der Waals surface area (Å²) in [5.41, 5.74) is 3.44. The fourth-order valence-electron chi connectivity index (χ4n) is 2.56. The summed E-state index contributed by atoms with van der Waals surface area (Å²) >= 11 is 7.69. The monoisotopic (exact) mass is 325 g/mol. The van der Waals surface area contributed by atoms with Crippen LogP contribution in [0.2, 0.25) is 5.02 Å². The van der Waals surface area contributed by atoms with E-state index in [0.717, 1.165) is 53.5 Å². The highest BCUT2D eigenvalue weighted by molar-refractivity contribution is 8.03. The molecule has 1 unspecified atom stereocenters. The van der Waals surface area contributed by atoms with E-state index >= 15 is 0 Å². The van der Waals surface area contributed by atoms with Crippen molar-refractivity contribution in [1.29, 1.82) is 5.26 Å². The molecule has 0 aliphatic heterocycles. The molecular formula is C17H24ClNOS. The van der Waals surface area contributed by atoms with E-state index in [-0.39, 0.29) is 0 Å². The molecule has 0 bridgehead atoms. The lowest BCUT2D eigenvalue weighted by Gasteiger charge is -2.24. The van der Waals surface area contributed by atoms with Gasteiger partial charge in [-0.05, 0) is 68.0 Å². The highest BCUT2D eigenvalue weighted by atomic mass is 35.5. The number of nitrogens with zero attached hydrogens (tertiary/aromatic N) is 1. The van der Waals surface area contributed by atoms with E-state index in [1.54, 1.807) is 0 Å². The number of nitriles is 1. The van der Waals surface area contributed by atoms with Crippen molar-refractivity contribution in [2.24, 2.45) is 0 Å². The topological polar surface area (TPSA) is 33.0 Å². The van der Waals surface area contributed by atoms with Crippen molar-refractivity contribution in [1.82, 2.24) is 0 Å². The van der Waals surface area contributed by atoms with Crippen molar-refractivity contribution in [3.05, 3.63) is 27.8 Å². The van der Waals surface area contributed by atoms with E-state index in [4.69, 9.17) is 21.6 Å². The number of thiocyanates is 1. The Morgan fingerprint density at radius 1 is 1.38 bits per heavy atom. The summed E-state index contributed by atoms with van der Waals surface area (Å²) in [6.07, 6.45) is 2.98. The number of benzene rings is 1. The quantitative estimate of drug-likeness (QED) is 0.444. The lowest BCUT2D eigenvalue weighted by atomic mass is 9.88. The summed E-state index contributed by atoms with van der Waals surface area (Å²) in [7, 11) is 0. The smallest absolute Gasteiger partial charge is 0.133 e. The zero-order valence-electron chi connectivity index (χ0n) is 13.3. The van der Waals surface area contributed by atoms with Crippen LogP contribution in [0.25, 0.3) is 0 Å². The zero-order chi connectivity index (χ0) is 15.8. The van der Waals surface area contributed by atoms with Crippen LogP contribution in [-0.2, 0) is 0 Å². The van der Waals surface area contributed by atoms with Gasteiger partial charge in [0.05, 0.1) is 6.61 Å². The normalized spacial score (nSPS) is 12.0. The van der Waals surface area contributed by atoms with Gasteiger partial charge in [-0.3, -0.25) is 0 Å². The molecule has 0 aromatic heterocycles. The standard InChI is InChI=1S/C17H24ClNOS/c1-5-8-20-17-12(3)10-15(18)13(4)16(17)14(6-2)7-9-21-11-19/h10,14H,5-9H2,1-4H3.